The zero-order valence-electron chi connectivity index (χ0n) is 12.0. The van der Waals surface area contributed by atoms with Crippen molar-refractivity contribution in [1.82, 2.24) is 9.88 Å². The Balaban J connectivity index is 2.02. The van der Waals surface area contributed by atoms with Crippen molar-refractivity contribution in [2.24, 2.45) is 0 Å². The van der Waals surface area contributed by atoms with E-state index in [2.05, 4.69) is 41.2 Å². The van der Waals surface area contributed by atoms with Gasteiger partial charge in [0, 0.05) is 18.1 Å². The van der Waals surface area contributed by atoms with Crippen molar-refractivity contribution >= 4 is 10.9 Å². The fourth-order valence-corrected chi connectivity index (χ4v) is 2.35. The maximum atomic E-state index is 5.66. The smallest absolute Gasteiger partial charge is 0.128 e. The zero-order valence-corrected chi connectivity index (χ0v) is 12.0. The number of fused-ring (bicyclic) bond motifs is 1. The lowest BCUT2D eigenvalue weighted by Crippen LogP contribution is -2.17. The number of ether oxygens (including phenoxy) is 1. The van der Waals surface area contributed by atoms with Gasteiger partial charge in [-0.05, 0) is 51.1 Å². The minimum atomic E-state index is 0.714. The second-order valence-corrected chi connectivity index (χ2v) is 4.73. The molecule has 1 N–H and O–H groups in total. The molecule has 0 unspecified atom stereocenters. The van der Waals surface area contributed by atoms with Crippen molar-refractivity contribution in [3.05, 3.63) is 30.5 Å². The molecule has 0 saturated carbocycles. The average Bonchev–Trinajstić information content (AvgIpc) is 2.83. The molecular weight excluding hydrogens is 236 g/mol. The van der Waals surface area contributed by atoms with Gasteiger partial charge in [0.15, 0.2) is 0 Å². The van der Waals surface area contributed by atoms with Crippen LogP contribution in [-0.4, -0.2) is 24.3 Å². The molecule has 3 nitrogen and oxygen atoms in total. The van der Waals surface area contributed by atoms with Crippen LogP contribution >= 0.6 is 0 Å². The van der Waals surface area contributed by atoms with E-state index in [1.165, 1.54) is 17.3 Å². The predicted molar refractivity (Wildman–Crippen MR) is 80.9 cm³/mol. The highest BCUT2D eigenvalue weighted by molar-refractivity contribution is 5.86. The summed E-state index contributed by atoms with van der Waals surface area (Å²) in [6, 6.07) is 8.43. The Morgan fingerprint density at radius 2 is 2.05 bits per heavy atom. The number of benzene rings is 1. The van der Waals surface area contributed by atoms with Crippen molar-refractivity contribution < 1.29 is 4.74 Å². The Labute approximate surface area is 115 Å². The highest BCUT2D eigenvalue weighted by Gasteiger charge is 2.05. The number of hydrogen-bond donors (Lipinski definition) is 1. The van der Waals surface area contributed by atoms with E-state index in [9.17, 15) is 0 Å². The van der Waals surface area contributed by atoms with Crippen molar-refractivity contribution in [3.8, 4) is 5.75 Å². The van der Waals surface area contributed by atoms with E-state index in [1.54, 1.807) is 0 Å². The first-order chi connectivity index (χ1) is 9.36. The molecule has 0 radical (unpaired) electrons. The van der Waals surface area contributed by atoms with Gasteiger partial charge in [0.1, 0.15) is 5.75 Å². The number of hydrogen-bond acceptors (Lipinski definition) is 2. The largest absolute Gasteiger partial charge is 0.493 e. The summed E-state index contributed by atoms with van der Waals surface area (Å²) in [5.41, 5.74) is 1.27. The van der Waals surface area contributed by atoms with Gasteiger partial charge in [-0.1, -0.05) is 13.0 Å². The summed E-state index contributed by atoms with van der Waals surface area (Å²) in [5.74, 6) is 0.989. The molecule has 0 aliphatic carbocycles. The zero-order chi connectivity index (χ0) is 13.5. The van der Waals surface area contributed by atoms with Gasteiger partial charge in [0.25, 0.3) is 0 Å². The summed E-state index contributed by atoms with van der Waals surface area (Å²) in [6.07, 6.45) is 4.51. The van der Waals surface area contributed by atoms with E-state index < -0.39 is 0 Å². The fourth-order valence-electron chi connectivity index (χ4n) is 2.35. The van der Waals surface area contributed by atoms with Crippen LogP contribution in [0.4, 0.5) is 0 Å². The number of aromatic nitrogens is 1. The summed E-state index contributed by atoms with van der Waals surface area (Å²) >= 11 is 0. The molecule has 0 atom stereocenters. The first-order valence-electron chi connectivity index (χ1n) is 7.28. The van der Waals surface area contributed by atoms with Crippen LogP contribution in [-0.2, 0) is 6.54 Å². The third-order valence-electron chi connectivity index (χ3n) is 3.25. The fraction of sp³-hybridized carbons (Fsp3) is 0.500. The topological polar surface area (TPSA) is 26.2 Å². The summed E-state index contributed by atoms with van der Waals surface area (Å²) in [6.45, 7) is 8.18. The van der Waals surface area contributed by atoms with Gasteiger partial charge < -0.3 is 14.6 Å². The van der Waals surface area contributed by atoms with Crippen LogP contribution in [0.25, 0.3) is 10.9 Å². The molecule has 0 aliphatic rings. The second-order valence-electron chi connectivity index (χ2n) is 4.73. The highest BCUT2D eigenvalue weighted by Crippen LogP contribution is 2.26. The third kappa shape index (κ3) is 3.51. The Morgan fingerprint density at radius 3 is 2.84 bits per heavy atom. The molecule has 1 aromatic carbocycles. The lowest BCUT2D eigenvalue weighted by Gasteiger charge is -2.08. The first-order valence-corrected chi connectivity index (χ1v) is 7.28. The first kappa shape index (κ1) is 13.9. The van der Waals surface area contributed by atoms with Crippen LogP contribution in [0.15, 0.2) is 30.5 Å². The lowest BCUT2D eigenvalue weighted by atomic mass is 10.2. The van der Waals surface area contributed by atoms with E-state index in [1.807, 2.05) is 13.0 Å². The highest BCUT2D eigenvalue weighted by atomic mass is 16.5. The minimum absolute atomic E-state index is 0.714. The Kier molecular flexibility index (Phi) is 5.28. The second kappa shape index (κ2) is 7.19. The maximum Gasteiger partial charge on any atom is 0.128 e. The monoisotopic (exact) mass is 260 g/mol. The SMILES string of the molecule is CCCNCCCn1ccc2c(OCC)cccc21. The van der Waals surface area contributed by atoms with E-state index in [0.29, 0.717) is 6.61 Å². The molecule has 104 valence electrons. The van der Waals surface area contributed by atoms with Crippen molar-refractivity contribution in [1.29, 1.82) is 0 Å². The molecule has 2 rings (SSSR count). The summed E-state index contributed by atoms with van der Waals surface area (Å²) in [7, 11) is 0. The van der Waals surface area contributed by atoms with E-state index in [0.717, 1.165) is 31.8 Å². The molecule has 0 spiro atoms. The lowest BCUT2D eigenvalue weighted by molar-refractivity contribution is 0.344. The summed E-state index contributed by atoms with van der Waals surface area (Å²) < 4.78 is 7.98. The molecule has 0 fully saturated rings. The van der Waals surface area contributed by atoms with Gasteiger partial charge >= 0.3 is 0 Å². The van der Waals surface area contributed by atoms with Crippen LogP contribution in [0.2, 0.25) is 0 Å². The Bertz CT molecular complexity index is 504. The standard InChI is InChI=1S/C16H24N2O/c1-3-10-17-11-6-12-18-13-9-14-15(18)7-5-8-16(14)19-4-2/h5,7-9,13,17H,3-4,6,10-12H2,1-2H3. The molecule has 0 saturated heterocycles. The van der Waals surface area contributed by atoms with Crippen LogP contribution in [0.5, 0.6) is 5.75 Å². The van der Waals surface area contributed by atoms with Crippen molar-refractivity contribution in [3.63, 3.8) is 0 Å². The number of rotatable bonds is 8. The van der Waals surface area contributed by atoms with Crippen LogP contribution in [0.3, 0.4) is 0 Å². The van der Waals surface area contributed by atoms with Crippen molar-refractivity contribution in [2.75, 3.05) is 19.7 Å². The van der Waals surface area contributed by atoms with E-state index in [4.69, 9.17) is 4.74 Å². The van der Waals surface area contributed by atoms with Gasteiger partial charge in [0.05, 0.1) is 12.1 Å². The minimum Gasteiger partial charge on any atom is -0.493 e. The summed E-state index contributed by atoms with van der Waals surface area (Å²) in [5, 5.41) is 4.65. The van der Waals surface area contributed by atoms with Crippen LogP contribution < -0.4 is 10.1 Å². The molecule has 2 aromatic rings. The third-order valence-corrected chi connectivity index (χ3v) is 3.25. The molecular formula is C16H24N2O. The Hall–Kier alpha value is -1.48. The van der Waals surface area contributed by atoms with E-state index >= 15 is 0 Å². The van der Waals surface area contributed by atoms with Gasteiger partial charge in [-0.25, -0.2) is 0 Å². The average molecular weight is 260 g/mol. The van der Waals surface area contributed by atoms with Crippen LogP contribution in [0, 0.1) is 0 Å². The number of aryl methyl sites for hydroxylation is 1. The number of nitrogens with zero attached hydrogens (tertiary/aromatic N) is 1. The molecule has 0 aliphatic heterocycles. The normalized spacial score (nSPS) is 11.1. The van der Waals surface area contributed by atoms with Gasteiger partial charge in [0.2, 0.25) is 0 Å². The van der Waals surface area contributed by atoms with Gasteiger partial charge in [-0.15, -0.1) is 0 Å². The molecule has 3 heteroatoms. The Morgan fingerprint density at radius 1 is 1.16 bits per heavy atom. The summed E-state index contributed by atoms with van der Waals surface area (Å²) in [4.78, 5) is 0. The van der Waals surface area contributed by atoms with Gasteiger partial charge in [-0.2, -0.15) is 0 Å². The molecule has 0 amide bonds. The van der Waals surface area contributed by atoms with Crippen LogP contribution in [0.1, 0.15) is 26.7 Å². The van der Waals surface area contributed by atoms with Gasteiger partial charge in [-0.3, -0.25) is 0 Å². The number of nitrogens with one attached hydrogen (secondary N) is 1. The van der Waals surface area contributed by atoms with E-state index in [-0.39, 0.29) is 0 Å². The molecule has 0 bridgehead atoms. The predicted octanol–water partition coefficient (Wildman–Crippen LogP) is 3.43. The quantitative estimate of drug-likeness (QED) is 0.736. The maximum absolute atomic E-state index is 5.66. The molecule has 19 heavy (non-hydrogen) atoms. The van der Waals surface area contributed by atoms with Crippen molar-refractivity contribution in [2.45, 2.75) is 33.2 Å². The molecule has 1 heterocycles. The molecule has 1 aromatic heterocycles.